The number of nitrogens with zero attached hydrogens (tertiary/aromatic N) is 2. The largest absolute Gasteiger partial charge is 0.339 e. The summed E-state index contributed by atoms with van der Waals surface area (Å²) in [5, 5.41) is 11.2. The Kier molecular flexibility index (Phi) is 2.65. The number of imidazole rings is 1. The van der Waals surface area contributed by atoms with Crippen LogP contribution in [0.2, 0.25) is 0 Å². The SMILES string of the molecule is N#Cc1c[nH]c(C(=O)Nc2ccccc2)n1. The first-order chi connectivity index (χ1) is 7.79. The van der Waals surface area contributed by atoms with Crippen LogP contribution < -0.4 is 5.32 Å². The minimum atomic E-state index is -0.368. The molecule has 0 saturated carbocycles. The molecular weight excluding hydrogens is 204 g/mol. The number of nitrogens with one attached hydrogen (secondary N) is 2. The zero-order chi connectivity index (χ0) is 11.4. The van der Waals surface area contributed by atoms with Crippen LogP contribution in [-0.2, 0) is 0 Å². The molecule has 16 heavy (non-hydrogen) atoms. The van der Waals surface area contributed by atoms with Gasteiger partial charge in [-0.3, -0.25) is 4.79 Å². The quantitative estimate of drug-likeness (QED) is 0.792. The predicted octanol–water partition coefficient (Wildman–Crippen LogP) is 1.53. The number of anilines is 1. The first kappa shape index (κ1) is 9.93. The number of carbonyl (C=O) groups is 1. The Labute approximate surface area is 91.8 Å². The monoisotopic (exact) mass is 212 g/mol. The summed E-state index contributed by atoms with van der Waals surface area (Å²) >= 11 is 0. The molecule has 0 saturated heterocycles. The summed E-state index contributed by atoms with van der Waals surface area (Å²) in [5.74, 6) is -0.242. The highest BCUT2D eigenvalue weighted by molar-refractivity contribution is 6.01. The van der Waals surface area contributed by atoms with Gasteiger partial charge in [0.1, 0.15) is 6.07 Å². The molecule has 0 atom stereocenters. The van der Waals surface area contributed by atoms with Crippen molar-refractivity contribution in [2.24, 2.45) is 0 Å². The minimum Gasteiger partial charge on any atom is -0.339 e. The Bertz CT molecular complexity index is 539. The van der Waals surface area contributed by atoms with E-state index in [1.54, 1.807) is 12.1 Å². The van der Waals surface area contributed by atoms with Crippen LogP contribution in [0.3, 0.4) is 0 Å². The fraction of sp³-hybridized carbons (Fsp3) is 0. The molecule has 1 aromatic carbocycles. The van der Waals surface area contributed by atoms with Gasteiger partial charge < -0.3 is 10.3 Å². The molecule has 2 aromatic rings. The lowest BCUT2D eigenvalue weighted by Crippen LogP contribution is -2.13. The molecule has 2 rings (SSSR count). The first-order valence-electron chi connectivity index (χ1n) is 4.61. The van der Waals surface area contributed by atoms with Crippen molar-refractivity contribution >= 4 is 11.6 Å². The molecule has 0 aliphatic rings. The topological polar surface area (TPSA) is 81.6 Å². The van der Waals surface area contributed by atoms with E-state index in [9.17, 15) is 4.79 Å². The Morgan fingerprint density at radius 1 is 1.38 bits per heavy atom. The van der Waals surface area contributed by atoms with Crippen molar-refractivity contribution in [3.05, 3.63) is 48.0 Å². The van der Waals surface area contributed by atoms with E-state index in [4.69, 9.17) is 5.26 Å². The van der Waals surface area contributed by atoms with E-state index >= 15 is 0 Å². The number of hydrogen-bond acceptors (Lipinski definition) is 3. The van der Waals surface area contributed by atoms with Crippen molar-refractivity contribution < 1.29 is 4.79 Å². The predicted molar refractivity (Wildman–Crippen MR) is 57.7 cm³/mol. The lowest BCUT2D eigenvalue weighted by molar-refractivity contribution is 0.101. The van der Waals surface area contributed by atoms with Gasteiger partial charge in [0.15, 0.2) is 11.5 Å². The average molecular weight is 212 g/mol. The molecule has 1 aromatic heterocycles. The Hall–Kier alpha value is -2.61. The standard InChI is InChI=1S/C11H8N4O/c12-6-9-7-13-10(14-9)11(16)15-8-4-2-1-3-5-8/h1-5,7H,(H,13,14)(H,15,16). The fourth-order valence-electron chi connectivity index (χ4n) is 1.21. The number of hydrogen-bond donors (Lipinski definition) is 2. The van der Waals surface area contributed by atoms with Crippen LogP contribution in [0.1, 0.15) is 16.3 Å². The van der Waals surface area contributed by atoms with E-state index in [0.717, 1.165) is 0 Å². The minimum absolute atomic E-state index is 0.125. The second-order valence-electron chi connectivity index (χ2n) is 3.07. The number of aromatic amines is 1. The highest BCUT2D eigenvalue weighted by Crippen LogP contribution is 2.06. The maximum absolute atomic E-state index is 11.6. The van der Waals surface area contributed by atoms with E-state index in [1.807, 2.05) is 24.3 Å². The summed E-state index contributed by atoms with van der Waals surface area (Å²) < 4.78 is 0. The van der Waals surface area contributed by atoms with Gasteiger partial charge in [-0.25, -0.2) is 4.98 Å². The van der Waals surface area contributed by atoms with Crippen molar-refractivity contribution in [1.29, 1.82) is 5.26 Å². The van der Waals surface area contributed by atoms with Crippen molar-refractivity contribution in [2.45, 2.75) is 0 Å². The van der Waals surface area contributed by atoms with Crippen LogP contribution in [0, 0.1) is 11.3 Å². The number of nitriles is 1. The first-order valence-corrected chi connectivity index (χ1v) is 4.61. The maximum atomic E-state index is 11.6. The van der Waals surface area contributed by atoms with Crippen molar-refractivity contribution in [1.82, 2.24) is 9.97 Å². The summed E-state index contributed by atoms with van der Waals surface area (Å²) in [6, 6.07) is 10.9. The fourth-order valence-corrected chi connectivity index (χ4v) is 1.21. The molecule has 0 radical (unpaired) electrons. The molecule has 2 N–H and O–H groups in total. The van der Waals surface area contributed by atoms with Crippen molar-refractivity contribution in [3.8, 4) is 6.07 Å². The van der Waals surface area contributed by atoms with Gasteiger partial charge in [-0.05, 0) is 12.1 Å². The van der Waals surface area contributed by atoms with E-state index < -0.39 is 0 Å². The molecule has 0 bridgehead atoms. The van der Waals surface area contributed by atoms with Gasteiger partial charge in [-0.2, -0.15) is 5.26 Å². The van der Waals surface area contributed by atoms with Crippen LogP contribution in [0.5, 0.6) is 0 Å². The number of H-pyrrole nitrogens is 1. The van der Waals surface area contributed by atoms with Gasteiger partial charge in [0.25, 0.3) is 5.91 Å². The number of amides is 1. The van der Waals surface area contributed by atoms with Gasteiger partial charge >= 0.3 is 0 Å². The van der Waals surface area contributed by atoms with E-state index in [2.05, 4.69) is 15.3 Å². The number of para-hydroxylation sites is 1. The number of carbonyl (C=O) groups excluding carboxylic acids is 1. The van der Waals surface area contributed by atoms with Crippen LogP contribution in [0.25, 0.3) is 0 Å². The normalized spacial score (nSPS) is 9.44. The van der Waals surface area contributed by atoms with E-state index in [-0.39, 0.29) is 17.4 Å². The summed E-state index contributed by atoms with van der Waals surface area (Å²) in [5.41, 5.74) is 0.876. The summed E-state index contributed by atoms with van der Waals surface area (Å²) in [6.45, 7) is 0. The van der Waals surface area contributed by atoms with E-state index in [0.29, 0.717) is 5.69 Å². The molecule has 1 heterocycles. The molecule has 0 aliphatic heterocycles. The van der Waals surface area contributed by atoms with Gasteiger partial charge in [0.2, 0.25) is 0 Å². The van der Waals surface area contributed by atoms with Crippen molar-refractivity contribution in [3.63, 3.8) is 0 Å². The molecule has 78 valence electrons. The second kappa shape index (κ2) is 4.28. The highest BCUT2D eigenvalue weighted by atomic mass is 16.2. The number of benzene rings is 1. The van der Waals surface area contributed by atoms with Crippen LogP contribution in [0.15, 0.2) is 36.5 Å². The zero-order valence-corrected chi connectivity index (χ0v) is 8.27. The lowest BCUT2D eigenvalue weighted by Gasteiger charge is -2.01. The Balaban J connectivity index is 2.12. The Morgan fingerprint density at radius 2 is 2.12 bits per heavy atom. The molecule has 0 spiro atoms. The van der Waals surface area contributed by atoms with Gasteiger partial charge in [-0.15, -0.1) is 0 Å². The highest BCUT2D eigenvalue weighted by Gasteiger charge is 2.09. The summed E-state index contributed by atoms with van der Waals surface area (Å²) in [6.07, 6.45) is 1.39. The smallest absolute Gasteiger partial charge is 0.291 e. The Morgan fingerprint density at radius 3 is 2.75 bits per heavy atom. The summed E-state index contributed by atoms with van der Waals surface area (Å²) in [7, 11) is 0. The lowest BCUT2D eigenvalue weighted by atomic mass is 10.3. The molecule has 5 heteroatoms. The maximum Gasteiger partial charge on any atom is 0.291 e. The van der Waals surface area contributed by atoms with Gasteiger partial charge in [0, 0.05) is 11.9 Å². The van der Waals surface area contributed by atoms with Crippen LogP contribution in [-0.4, -0.2) is 15.9 Å². The van der Waals surface area contributed by atoms with Crippen LogP contribution in [0.4, 0.5) is 5.69 Å². The third kappa shape index (κ3) is 2.07. The number of aromatic nitrogens is 2. The molecule has 1 amide bonds. The molecule has 5 nitrogen and oxygen atoms in total. The molecule has 0 unspecified atom stereocenters. The average Bonchev–Trinajstić information content (AvgIpc) is 2.79. The summed E-state index contributed by atoms with van der Waals surface area (Å²) in [4.78, 5) is 18.1. The third-order valence-electron chi connectivity index (χ3n) is 1.94. The number of rotatable bonds is 2. The molecule has 0 fully saturated rings. The third-order valence-corrected chi connectivity index (χ3v) is 1.94. The second-order valence-corrected chi connectivity index (χ2v) is 3.07. The molecule has 0 aliphatic carbocycles. The van der Waals surface area contributed by atoms with Crippen molar-refractivity contribution in [2.75, 3.05) is 5.32 Å². The van der Waals surface area contributed by atoms with Gasteiger partial charge in [-0.1, -0.05) is 18.2 Å². The van der Waals surface area contributed by atoms with Gasteiger partial charge in [0.05, 0.1) is 0 Å². The zero-order valence-electron chi connectivity index (χ0n) is 8.27. The van der Waals surface area contributed by atoms with Crippen LogP contribution >= 0.6 is 0 Å². The molecular formula is C11H8N4O. The van der Waals surface area contributed by atoms with E-state index in [1.165, 1.54) is 6.20 Å².